The lowest BCUT2D eigenvalue weighted by Crippen LogP contribution is -2.32. The monoisotopic (exact) mass is 241 g/mol. The number of nitrogens with one attached hydrogen (secondary N) is 1. The van der Waals surface area contributed by atoms with Crippen molar-refractivity contribution in [2.75, 3.05) is 13.2 Å². The highest BCUT2D eigenvalue weighted by Gasteiger charge is 2.15. The molecule has 0 saturated carbocycles. The van der Waals surface area contributed by atoms with Crippen molar-refractivity contribution >= 4 is 11.6 Å². The number of aryl methyl sites for hydroxylation is 1. The predicted molar refractivity (Wildman–Crippen MR) is 68.8 cm³/mol. The Morgan fingerprint density at radius 3 is 2.62 bits per heavy atom. The largest absolute Gasteiger partial charge is 0.396 e. The highest BCUT2D eigenvalue weighted by atomic mass is 35.5. The van der Waals surface area contributed by atoms with Crippen molar-refractivity contribution in [2.24, 2.45) is 5.41 Å². The van der Waals surface area contributed by atoms with E-state index < -0.39 is 0 Å². The number of hydrogen-bond acceptors (Lipinski definition) is 2. The van der Waals surface area contributed by atoms with E-state index in [1.807, 2.05) is 32.0 Å². The first kappa shape index (κ1) is 13.5. The highest BCUT2D eigenvalue weighted by molar-refractivity contribution is 6.30. The number of benzene rings is 1. The molecule has 0 amide bonds. The molecule has 2 N–H and O–H groups in total. The van der Waals surface area contributed by atoms with E-state index in [1.54, 1.807) is 0 Å². The highest BCUT2D eigenvalue weighted by Crippen LogP contribution is 2.16. The summed E-state index contributed by atoms with van der Waals surface area (Å²) in [6, 6.07) is 5.91. The minimum Gasteiger partial charge on any atom is -0.396 e. The summed E-state index contributed by atoms with van der Waals surface area (Å²) in [7, 11) is 0. The molecule has 0 radical (unpaired) electrons. The maximum atomic E-state index is 9.12. The van der Waals surface area contributed by atoms with Crippen LogP contribution >= 0.6 is 11.6 Å². The second kappa shape index (κ2) is 5.67. The molecule has 1 aromatic carbocycles. The van der Waals surface area contributed by atoms with Gasteiger partial charge in [-0.05, 0) is 30.2 Å². The third-order valence-corrected chi connectivity index (χ3v) is 2.89. The van der Waals surface area contributed by atoms with Gasteiger partial charge in [-0.1, -0.05) is 31.5 Å². The molecule has 0 heterocycles. The lowest BCUT2D eigenvalue weighted by atomic mass is 9.95. The van der Waals surface area contributed by atoms with Crippen LogP contribution in [-0.2, 0) is 6.54 Å². The summed E-state index contributed by atoms with van der Waals surface area (Å²) in [4.78, 5) is 0. The van der Waals surface area contributed by atoms with Gasteiger partial charge in [0.1, 0.15) is 0 Å². The van der Waals surface area contributed by atoms with E-state index >= 15 is 0 Å². The second-order valence-electron chi connectivity index (χ2n) is 5.00. The van der Waals surface area contributed by atoms with Crippen LogP contribution in [0.4, 0.5) is 0 Å². The average Bonchev–Trinajstić information content (AvgIpc) is 2.21. The minimum atomic E-state index is -0.0691. The van der Waals surface area contributed by atoms with Crippen LogP contribution in [0.1, 0.15) is 25.0 Å². The molecule has 0 aliphatic carbocycles. The average molecular weight is 242 g/mol. The third-order valence-electron chi connectivity index (χ3n) is 2.65. The van der Waals surface area contributed by atoms with E-state index in [-0.39, 0.29) is 12.0 Å². The second-order valence-corrected chi connectivity index (χ2v) is 5.43. The summed E-state index contributed by atoms with van der Waals surface area (Å²) >= 11 is 5.89. The maximum absolute atomic E-state index is 9.12. The van der Waals surface area contributed by atoms with Gasteiger partial charge < -0.3 is 10.4 Å². The number of aliphatic hydroxyl groups is 1. The van der Waals surface area contributed by atoms with Gasteiger partial charge in [0.15, 0.2) is 0 Å². The first-order valence-corrected chi connectivity index (χ1v) is 5.89. The zero-order valence-electron chi connectivity index (χ0n) is 10.2. The van der Waals surface area contributed by atoms with Gasteiger partial charge in [-0.2, -0.15) is 0 Å². The lowest BCUT2D eigenvalue weighted by molar-refractivity contribution is 0.156. The van der Waals surface area contributed by atoms with Gasteiger partial charge in [0.05, 0.1) is 0 Å². The van der Waals surface area contributed by atoms with Crippen LogP contribution in [0, 0.1) is 12.3 Å². The van der Waals surface area contributed by atoms with E-state index in [0.717, 1.165) is 18.1 Å². The molecule has 3 heteroatoms. The van der Waals surface area contributed by atoms with E-state index in [2.05, 4.69) is 12.2 Å². The fraction of sp³-hybridized carbons (Fsp3) is 0.538. The molecule has 0 aromatic heterocycles. The summed E-state index contributed by atoms with van der Waals surface area (Å²) in [5.74, 6) is 0. The van der Waals surface area contributed by atoms with Crippen molar-refractivity contribution < 1.29 is 5.11 Å². The van der Waals surface area contributed by atoms with Crippen LogP contribution in [0.25, 0.3) is 0 Å². The first-order valence-electron chi connectivity index (χ1n) is 5.51. The standard InChI is InChI=1S/C13H20ClNO/c1-10-6-12(14)5-4-11(10)7-15-8-13(2,3)9-16/h4-6,15-16H,7-9H2,1-3H3. The van der Waals surface area contributed by atoms with Crippen molar-refractivity contribution in [1.29, 1.82) is 0 Å². The molecular formula is C13H20ClNO. The van der Waals surface area contributed by atoms with Crippen LogP contribution in [-0.4, -0.2) is 18.3 Å². The lowest BCUT2D eigenvalue weighted by Gasteiger charge is -2.22. The van der Waals surface area contributed by atoms with Gasteiger partial charge >= 0.3 is 0 Å². The summed E-state index contributed by atoms with van der Waals surface area (Å²) in [5.41, 5.74) is 2.38. The molecule has 1 rings (SSSR count). The van der Waals surface area contributed by atoms with Gasteiger partial charge in [-0.15, -0.1) is 0 Å². The van der Waals surface area contributed by atoms with Crippen LogP contribution in [0.15, 0.2) is 18.2 Å². The number of halogens is 1. The van der Waals surface area contributed by atoms with Gasteiger partial charge in [0.2, 0.25) is 0 Å². The Morgan fingerprint density at radius 1 is 1.38 bits per heavy atom. The summed E-state index contributed by atoms with van der Waals surface area (Å²) in [5, 5.41) is 13.2. The number of hydrogen-bond donors (Lipinski definition) is 2. The molecule has 1 aromatic rings. The van der Waals surface area contributed by atoms with Crippen molar-refractivity contribution in [3.8, 4) is 0 Å². The smallest absolute Gasteiger partial charge is 0.0494 e. The fourth-order valence-corrected chi connectivity index (χ4v) is 1.68. The molecule has 2 nitrogen and oxygen atoms in total. The van der Waals surface area contributed by atoms with Crippen molar-refractivity contribution in [2.45, 2.75) is 27.3 Å². The van der Waals surface area contributed by atoms with Gasteiger partial charge in [-0.3, -0.25) is 0 Å². The molecular weight excluding hydrogens is 222 g/mol. The number of aliphatic hydroxyl groups excluding tert-OH is 1. The Bertz CT molecular complexity index is 350. The van der Waals surface area contributed by atoms with Gasteiger partial charge in [-0.25, -0.2) is 0 Å². The Balaban J connectivity index is 2.49. The van der Waals surface area contributed by atoms with Crippen LogP contribution < -0.4 is 5.32 Å². The van der Waals surface area contributed by atoms with Crippen LogP contribution in [0.2, 0.25) is 5.02 Å². The van der Waals surface area contributed by atoms with E-state index in [4.69, 9.17) is 16.7 Å². The Kier molecular flexibility index (Phi) is 4.78. The van der Waals surface area contributed by atoms with Crippen LogP contribution in [0.3, 0.4) is 0 Å². The zero-order valence-corrected chi connectivity index (χ0v) is 10.9. The molecule has 90 valence electrons. The van der Waals surface area contributed by atoms with Crippen molar-refractivity contribution in [3.05, 3.63) is 34.3 Å². The topological polar surface area (TPSA) is 32.3 Å². The van der Waals surface area contributed by atoms with E-state index in [1.165, 1.54) is 11.1 Å². The Hall–Kier alpha value is -0.570. The van der Waals surface area contributed by atoms with E-state index in [9.17, 15) is 0 Å². The van der Waals surface area contributed by atoms with Crippen molar-refractivity contribution in [1.82, 2.24) is 5.32 Å². The summed E-state index contributed by atoms with van der Waals surface area (Å²) in [6.07, 6.45) is 0. The normalized spacial score (nSPS) is 11.8. The Labute approximate surface area is 103 Å². The summed E-state index contributed by atoms with van der Waals surface area (Å²) in [6.45, 7) is 7.93. The molecule has 0 saturated heterocycles. The summed E-state index contributed by atoms with van der Waals surface area (Å²) < 4.78 is 0. The first-order chi connectivity index (χ1) is 7.44. The predicted octanol–water partition coefficient (Wildman–Crippen LogP) is 2.76. The number of rotatable bonds is 5. The molecule has 0 atom stereocenters. The van der Waals surface area contributed by atoms with Crippen LogP contribution in [0.5, 0.6) is 0 Å². The molecule has 0 aliphatic heterocycles. The SMILES string of the molecule is Cc1cc(Cl)ccc1CNCC(C)(C)CO. The fourth-order valence-electron chi connectivity index (χ4n) is 1.45. The molecule has 0 unspecified atom stereocenters. The quantitative estimate of drug-likeness (QED) is 0.831. The molecule has 0 spiro atoms. The van der Waals surface area contributed by atoms with Gasteiger partial charge in [0.25, 0.3) is 0 Å². The van der Waals surface area contributed by atoms with E-state index in [0.29, 0.717) is 0 Å². The Morgan fingerprint density at radius 2 is 2.06 bits per heavy atom. The zero-order chi connectivity index (χ0) is 12.2. The molecule has 0 aliphatic rings. The molecule has 0 bridgehead atoms. The molecule has 16 heavy (non-hydrogen) atoms. The minimum absolute atomic E-state index is 0.0691. The van der Waals surface area contributed by atoms with Crippen molar-refractivity contribution in [3.63, 3.8) is 0 Å². The third kappa shape index (κ3) is 4.12. The molecule has 0 fully saturated rings. The van der Waals surface area contributed by atoms with Gasteiger partial charge in [0, 0.05) is 30.1 Å². The maximum Gasteiger partial charge on any atom is 0.0494 e.